The van der Waals surface area contributed by atoms with Gasteiger partial charge in [0, 0.05) is 6.42 Å². The molecule has 0 bridgehead atoms. The SMILES string of the molecule is CCCc1cc(F)c2c(c1)CCC(c1ccc(CCF)cc1)O2. The zero-order valence-corrected chi connectivity index (χ0v) is 13.4. The van der Waals surface area contributed by atoms with Gasteiger partial charge in [-0.1, -0.05) is 43.7 Å². The van der Waals surface area contributed by atoms with E-state index in [4.69, 9.17) is 4.74 Å². The van der Waals surface area contributed by atoms with Gasteiger partial charge in [-0.3, -0.25) is 4.39 Å². The number of hydrogen-bond donors (Lipinski definition) is 0. The highest BCUT2D eigenvalue weighted by atomic mass is 19.1. The molecule has 0 saturated heterocycles. The minimum atomic E-state index is -0.349. The van der Waals surface area contributed by atoms with Gasteiger partial charge in [0.1, 0.15) is 6.10 Å². The zero-order chi connectivity index (χ0) is 16.2. The van der Waals surface area contributed by atoms with E-state index in [2.05, 4.69) is 13.0 Å². The van der Waals surface area contributed by atoms with Crippen LogP contribution in [0.15, 0.2) is 36.4 Å². The smallest absolute Gasteiger partial charge is 0.165 e. The molecule has 0 N–H and O–H groups in total. The van der Waals surface area contributed by atoms with Crippen LogP contribution in [0, 0.1) is 5.82 Å². The van der Waals surface area contributed by atoms with Crippen molar-refractivity contribution < 1.29 is 13.5 Å². The lowest BCUT2D eigenvalue weighted by atomic mass is 9.94. The molecule has 0 aromatic heterocycles. The molecule has 0 aliphatic carbocycles. The van der Waals surface area contributed by atoms with Gasteiger partial charge in [0.15, 0.2) is 11.6 Å². The van der Waals surface area contributed by atoms with E-state index in [-0.39, 0.29) is 18.6 Å². The van der Waals surface area contributed by atoms with Crippen molar-refractivity contribution in [3.63, 3.8) is 0 Å². The van der Waals surface area contributed by atoms with E-state index in [1.807, 2.05) is 24.3 Å². The van der Waals surface area contributed by atoms with Crippen molar-refractivity contribution in [1.82, 2.24) is 0 Å². The van der Waals surface area contributed by atoms with Gasteiger partial charge in [-0.2, -0.15) is 0 Å². The van der Waals surface area contributed by atoms with Crippen LogP contribution in [0.1, 0.15) is 48.1 Å². The summed E-state index contributed by atoms with van der Waals surface area (Å²) in [5.41, 5.74) is 4.01. The summed E-state index contributed by atoms with van der Waals surface area (Å²) in [6, 6.07) is 11.4. The lowest BCUT2D eigenvalue weighted by Gasteiger charge is -2.27. The predicted octanol–water partition coefficient (Wildman–Crippen LogP) is 5.36. The average Bonchev–Trinajstić information content (AvgIpc) is 2.56. The van der Waals surface area contributed by atoms with Crippen LogP contribution in [0.25, 0.3) is 0 Å². The highest BCUT2D eigenvalue weighted by molar-refractivity contribution is 5.41. The number of fused-ring (bicyclic) bond motifs is 1. The maximum Gasteiger partial charge on any atom is 0.165 e. The lowest BCUT2D eigenvalue weighted by molar-refractivity contribution is 0.167. The first kappa shape index (κ1) is 16.0. The van der Waals surface area contributed by atoms with Gasteiger partial charge in [0.2, 0.25) is 0 Å². The standard InChI is InChI=1S/C20H22F2O/c1-2-3-15-12-17-8-9-19(23-20(17)18(22)13-15)16-6-4-14(5-7-16)10-11-21/h4-7,12-13,19H,2-3,8-11H2,1H3. The van der Waals surface area contributed by atoms with Gasteiger partial charge in [0.25, 0.3) is 0 Å². The zero-order valence-electron chi connectivity index (χ0n) is 13.4. The van der Waals surface area contributed by atoms with E-state index in [0.29, 0.717) is 12.2 Å². The molecule has 0 amide bonds. The number of halogens is 2. The Morgan fingerprint density at radius 1 is 1.09 bits per heavy atom. The second-order valence-corrected chi connectivity index (χ2v) is 6.14. The molecule has 2 aromatic carbocycles. The molecule has 1 heterocycles. The van der Waals surface area contributed by atoms with Crippen LogP contribution in [0.4, 0.5) is 8.78 Å². The normalized spacial score (nSPS) is 16.7. The van der Waals surface area contributed by atoms with Crippen molar-refractivity contribution in [2.24, 2.45) is 0 Å². The summed E-state index contributed by atoms with van der Waals surface area (Å²) >= 11 is 0. The van der Waals surface area contributed by atoms with Crippen molar-refractivity contribution in [2.45, 2.75) is 45.1 Å². The molecule has 3 heteroatoms. The van der Waals surface area contributed by atoms with Crippen LogP contribution in [-0.4, -0.2) is 6.67 Å². The largest absolute Gasteiger partial charge is 0.482 e. The van der Waals surface area contributed by atoms with Crippen LogP contribution in [0.3, 0.4) is 0 Å². The van der Waals surface area contributed by atoms with E-state index in [1.165, 1.54) is 0 Å². The minimum Gasteiger partial charge on any atom is -0.482 e. The summed E-state index contributed by atoms with van der Waals surface area (Å²) < 4.78 is 32.6. The molecule has 0 radical (unpaired) electrons. The van der Waals surface area contributed by atoms with Crippen LogP contribution in [0.5, 0.6) is 5.75 Å². The first-order chi connectivity index (χ1) is 11.2. The van der Waals surface area contributed by atoms with Gasteiger partial charge in [-0.15, -0.1) is 0 Å². The molecule has 1 nitrogen and oxygen atoms in total. The fraction of sp³-hybridized carbons (Fsp3) is 0.400. The Morgan fingerprint density at radius 3 is 2.57 bits per heavy atom. The maximum atomic E-state index is 14.3. The van der Waals surface area contributed by atoms with Gasteiger partial charge < -0.3 is 4.74 Å². The highest BCUT2D eigenvalue weighted by Gasteiger charge is 2.24. The first-order valence-electron chi connectivity index (χ1n) is 8.34. The van der Waals surface area contributed by atoms with E-state index in [0.717, 1.165) is 47.9 Å². The molecule has 0 saturated carbocycles. The Hall–Kier alpha value is -1.90. The monoisotopic (exact) mass is 316 g/mol. The third-order valence-electron chi connectivity index (χ3n) is 4.39. The Labute approximate surface area is 136 Å². The molecule has 0 spiro atoms. The molecular formula is C20H22F2O. The van der Waals surface area contributed by atoms with Gasteiger partial charge in [-0.05, 0) is 47.6 Å². The minimum absolute atomic E-state index is 0.131. The summed E-state index contributed by atoms with van der Waals surface area (Å²) in [4.78, 5) is 0. The molecule has 1 aliphatic heterocycles. The van der Waals surface area contributed by atoms with E-state index in [9.17, 15) is 8.78 Å². The topological polar surface area (TPSA) is 9.23 Å². The van der Waals surface area contributed by atoms with Gasteiger partial charge in [-0.25, -0.2) is 4.39 Å². The fourth-order valence-corrected chi connectivity index (χ4v) is 3.19. The van der Waals surface area contributed by atoms with Crippen molar-refractivity contribution in [3.8, 4) is 5.75 Å². The van der Waals surface area contributed by atoms with Crippen molar-refractivity contribution in [2.75, 3.05) is 6.67 Å². The summed E-state index contributed by atoms with van der Waals surface area (Å²) in [5.74, 6) is 0.138. The molecule has 23 heavy (non-hydrogen) atoms. The van der Waals surface area contributed by atoms with Crippen LogP contribution in [-0.2, 0) is 19.3 Å². The Bertz CT molecular complexity index is 664. The average molecular weight is 316 g/mol. The number of alkyl halides is 1. The van der Waals surface area contributed by atoms with E-state index < -0.39 is 0 Å². The number of aryl methyl sites for hydroxylation is 3. The Balaban J connectivity index is 1.79. The van der Waals surface area contributed by atoms with Crippen molar-refractivity contribution >= 4 is 0 Å². The van der Waals surface area contributed by atoms with E-state index in [1.54, 1.807) is 6.07 Å². The molecule has 0 fully saturated rings. The molecule has 3 rings (SSSR count). The quantitative estimate of drug-likeness (QED) is 0.722. The number of ether oxygens (including phenoxy) is 1. The summed E-state index contributed by atoms with van der Waals surface area (Å²) in [7, 11) is 0. The second-order valence-electron chi connectivity index (χ2n) is 6.14. The van der Waals surface area contributed by atoms with Crippen LogP contribution in [0.2, 0.25) is 0 Å². The maximum absolute atomic E-state index is 14.3. The molecule has 2 aromatic rings. The summed E-state index contributed by atoms with van der Waals surface area (Å²) in [5, 5.41) is 0. The number of hydrogen-bond acceptors (Lipinski definition) is 1. The summed E-state index contributed by atoms with van der Waals surface area (Å²) in [6.45, 7) is 1.74. The van der Waals surface area contributed by atoms with Gasteiger partial charge in [0.05, 0.1) is 6.67 Å². The van der Waals surface area contributed by atoms with Crippen LogP contribution >= 0.6 is 0 Å². The molecule has 1 atom stereocenters. The Kier molecular flexibility index (Phi) is 4.94. The predicted molar refractivity (Wildman–Crippen MR) is 88.2 cm³/mol. The number of benzene rings is 2. The van der Waals surface area contributed by atoms with Crippen molar-refractivity contribution in [3.05, 3.63) is 64.5 Å². The number of rotatable bonds is 5. The fourth-order valence-electron chi connectivity index (χ4n) is 3.19. The second kappa shape index (κ2) is 7.12. The van der Waals surface area contributed by atoms with Gasteiger partial charge >= 0.3 is 0 Å². The van der Waals surface area contributed by atoms with Crippen LogP contribution < -0.4 is 4.74 Å². The highest BCUT2D eigenvalue weighted by Crippen LogP contribution is 2.37. The third kappa shape index (κ3) is 3.54. The first-order valence-corrected chi connectivity index (χ1v) is 8.34. The molecule has 122 valence electrons. The van der Waals surface area contributed by atoms with Crippen molar-refractivity contribution in [1.29, 1.82) is 0 Å². The summed E-state index contributed by atoms with van der Waals surface area (Å²) in [6.07, 6.45) is 3.86. The van der Waals surface area contributed by atoms with E-state index >= 15 is 0 Å². The molecule has 1 unspecified atom stereocenters. The molecular weight excluding hydrogens is 294 g/mol. The third-order valence-corrected chi connectivity index (χ3v) is 4.39. The molecule has 1 aliphatic rings. The Morgan fingerprint density at radius 2 is 1.87 bits per heavy atom. The lowest BCUT2D eigenvalue weighted by Crippen LogP contribution is -2.16.